The van der Waals surface area contributed by atoms with Gasteiger partial charge in [-0.15, -0.1) is 0 Å². The lowest BCUT2D eigenvalue weighted by molar-refractivity contribution is -0.132. The number of ether oxygens (including phenoxy) is 1. The first-order valence-electron chi connectivity index (χ1n) is 10.3. The van der Waals surface area contributed by atoms with Crippen molar-refractivity contribution < 1.29 is 17.9 Å². The number of amides is 1. The van der Waals surface area contributed by atoms with Crippen molar-refractivity contribution in [3.8, 4) is 5.75 Å². The van der Waals surface area contributed by atoms with Crippen LogP contribution >= 0.6 is 0 Å². The third-order valence-electron chi connectivity index (χ3n) is 5.35. The highest BCUT2D eigenvalue weighted by atomic mass is 32.2. The van der Waals surface area contributed by atoms with Gasteiger partial charge in [0.15, 0.2) is 0 Å². The van der Waals surface area contributed by atoms with Crippen LogP contribution in [0.25, 0.3) is 0 Å². The number of rotatable bonds is 7. The first kappa shape index (κ1) is 22.3. The topological polar surface area (TPSA) is 66.9 Å². The summed E-state index contributed by atoms with van der Waals surface area (Å²) in [5, 5.41) is 0. The zero-order valence-electron chi connectivity index (χ0n) is 17.9. The molecule has 0 aliphatic carbocycles. The predicted molar refractivity (Wildman–Crippen MR) is 117 cm³/mol. The van der Waals surface area contributed by atoms with Crippen molar-refractivity contribution in [3.63, 3.8) is 0 Å². The Morgan fingerprint density at radius 2 is 1.67 bits per heavy atom. The second-order valence-electron chi connectivity index (χ2n) is 7.82. The fraction of sp³-hybridized carbons (Fsp3) is 0.435. The van der Waals surface area contributed by atoms with E-state index in [4.69, 9.17) is 4.74 Å². The van der Waals surface area contributed by atoms with Gasteiger partial charge in [0.2, 0.25) is 15.9 Å². The van der Waals surface area contributed by atoms with Crippen molar-refractivity contribution >= 4 is 15.9 Å². The molecule has 1 saturated heterocycles. The number of hydrogen-bond acceptors (Lipinski definition) is 4. The minimum absolute atomic E-state index is 0.0478. The summed E-state index contributed by atoms with van der Waals surface area (Å²) >= 11 is 0. The van der Waals surface area contributed by atoms with Crippen LogP contribution in [0.15, 0.2) is 47.4 Å². The number of hydrogen-bond donors (Lipinski definition) is 0. The number of carbonyl (C=O) groups is 1. The average molecular weight is 431 g/mol. The van der Waals surface area contributed by atoms with Crippen LogP contribution in [-0.2, 0) is 14.8 Å². The Balaban J connectivity index is 1.47. The molecule has 1 aliphatic heterocycles. The molecule has 3 rings (SSSR count). The number of piperazine rings is 1. The van der Waals surface area contributed by atoms with Crippen LogP contribution in [0.5, 0.6) is 5.75 Å². The van der Waals surface area contributed by atoms with Gasteiger partial charge in [-0.25, -0.2) is 8.42 Å². The first-order chi connectivity index (χ1) is 14.3. The Labute approximate surface area is 179 Å². The molecule has 1 fully saturated rings. The normalized spacial score (nSPS) is 15.2. The van der Waals surface area contributed by atoms with Crippen LogP contribution in [-0.4, -0.2) is 56.3 Å². The Hall–Kier alpha value is -2.38. The smallest absolute Gasteiger partial charge is 0.243 e. The third-order valence-corrected chi connectivity index (χ3v) is 7.39. The summed E-state index contributed by atoms with van der Waals surface area (Å²) in [5.41, 5.74) is 2.80. The van der Waals surface area contributed by atoms with Crippen LogP contribution in [0.4, 0.5) is 0 Å². The lowest BCUT2D eigenvalue weighted by Gasteiger charge is -2.34. The summed E-state index contributed by atoms with van der Waals surface area (Å²) < 4.78 is 33.2. The number of benzene rings is 2. The minimum Gasteiger partial charge on any atom is -0.494 e. The standard InChI is InChI=1S/C23H30N2O4S/c1-18-6-4-7-21(16-18)29-15-5-8-23(26)24-11-13-25(14-12-24)30(27,28)22-17-19(2)9-10-20(22)3/h4,6-7,9-10,16-17H,5,8,11-15H2,1-3H3. The van der Waals surface area contributed by atoms with Gasteiger partial charge in [-0.05, 0) is 62.1 Å². The third kappa shape index (κ3) is 5.40. The highest BCUT2D eigenvalue weighted by Crippen LogP contribution is 2.22. The molecule has 1 amide bonds. The zero-order chi connectivity index (χ0) is 21.7. The van der Waals surface area contributed by atoms with Gasteiger partial charge in [0, 0.05) is 32.6 Å². The molecule has 162 valence electrons. The number of carbonyl (C=O) groups excluding carboxylic acids is 1. The molecule has 0 saturated carbocycles. The molecule has 0 aromatic heterocycles. The molecule has 6 nitrogen and oxygen atoms in total. The minimum atomic E-state index is -3.54. The van der Waals surface area contributed by atoms with E-state index in [0.717, 1.165) is 22.4 Å². The second-order valence-corrected chi connectivity index (χ2v) is 9.73. The molecule has 0 unspecified atom stereocenters. The van der Waals surface area contributed by atoms with E-state index in [1.165, 1.54) is 4.31 Å². The quantitative estimate of drug-likeness (QED) is 0.632. The average Bonchev–Trinajstić information content (AvgIpc) is 2.73. The molecule has 2 aromatic carbocycles. The van der Waals surface area contributed by atoms with E-state index in [1.54, 1.807) is 11.0 Å². The molecule has 7 heteroatoms. The maximum Gasteiger partial charge on any atom is 0.243 e. The number of aryl methyl sites for hydroxylation is 3. The van der Waals surface area contributed by atoms with Gasteiger partial charge in [-0.1, -0.05) is 24.3 Å². The van der Waals surface area contributed by atoms with Crippen molar-refractivity contribution in [1.29, 1.82) is 0 Å². The first-order valence-corrected chi connectivity index (χ1v) is 11.8. The zero-order valence-corrected chi connectivity index (χ0v) is 18.7. The van der Waals surface area contributed by atoms with Crippen LogP contribution in [0.1, 0.15) is 29.5 Å². The van der Waals surface area contributed by atoms with E-state index in [1.807, 2.05) is 57.2 Å². The van der Waals surface area contributed by atoms with Gasteiger partial charge >= 0.3 is 0 Å². The predicted octanol–water partition coefficient (Wildman–Crippen LogP) is 3.30. The Morgan fingerprint density at radius 1 is 0.967 bits per heavy atom. The summed E-state index contributed by atoms with van der Waals surface area (Å²) in [6.45, 7) is 7.67. The molecule has 0 N–H and O–H groups in total. The van der Waals surface area contributed by atoms with Crippen LogP contribution in [0.3, 0.4) is 0 Å². The molecule has 30 heavy (non-hydrogen) atoms. The largest absolute Gasteiger partial charge is 0.494 e. The lowest BCUT2D eigenvalue weighted by Crippen LogP contribution is -2.50. The van der Waals surface area contributed by atoms with Gasteiger partial charge in [-0.3, -0.25) is 4.79 Å². The van der Waals surface area contributed by atoms with Gasteiger partial charge in [0.05, 0.1) is 11.5 Å². The maximum atomic E-state index is 13.0. The van der Waals surface area contributed by atoms with Crippen LogP contribution in [0.2, 0.25) is 0 Å². The van der Waals surface area contributed by atoms with Crippen molar-refractivity contribution in [3.05, 3.63) is 59.2 Å². The van der Waals surface area contributed by atoms with Crippen molar-refractivity contribution in [2.75, 3.05) is 32.8 Å². The lowest BCUT2D eigenvalue weighted by atomic mass is 10.2. The van der Waals surface area contributed by atoms with Gasteiger partial charge in [0.1, 0.15) is 5.75 Å². The van der Waals surface area contributed by atoms with Crippen LogP contribution < -0.4 is 4.74 Å². The molecule has 0 radical (unpaired) electrons. The van der Waals surface area contributed by atoms with Gasteiger partial charge in [-0.2, -0.15) is 4.31 Å². The number of nitrogens with zero attached hydrogens (tertiary/aromatic N) is 2. The maximum absolute atomic E-state index is 13.0. The summed E-state index contributed by atoms with van der Waals surface area (Å²) in [7, 11) is -3.54. The molecule has 0 atom stereocenters. The van der Waals surface area contributed by atoms with E-state index in [-0.39, 0.29) is 5.91 Å². The van der Waals surface area contributed by atoms with Crippen molar-refractivity contribution in [2.24, 2.45) is 0 Å². The van der Waals surface area contributed by atoms with E-state index in [2.05, 4.69) is 0 Å². The number of sulfonamides is 1. The Kier molecular flexibility index (Phi) is 7.15. The molecule has 1 aliphatic rings. The SMILES string of the molecule is Cc1cccc(OCCCC(=O)N2CCN(S(=O)(=O)c3cc(C)ccc3C)CC2)c1. The summed E-state index contributed by atoms with van der Waals surface area (Å²) in [6.07, 6.45) is 1.03. The van der Waals surface area contributed by atoms with E-state index in [9.17, 15) is 13.2 Å². The highest BCUT2D eigenvalue weighted by Gasteiger charge is 2.30. The van der Waals surface area contributed by atoms with Gasteiger partial charge in [0.25, 0.3) is 0 Å². The molecule has 0 spiro atoms. The molecule has 2 aromatic rings. The summed E-state index contributed by atoms with van der Waals surface area (Å²) in [4.78, 5) is 14.6. The van der Waals surface area contributed by atoms with E-state index >= 15 is 0 Å². The summed E-state index contributed by atoms with van der Waals surface area (Å²) in [6, 6.07) is 13.3. The van der Waals surface area contributed by atoms with E-state index in [0.29, 0.717) is 50.5 Å². The molecular weight excluding hydrogens is 400 g/mol. The van der Waals surface area contributed by atoms with E-state index < -0.39 is 10.0 Å². The monoisotopic (exact) mass is 430 g/mol. The fourth-order valence-corrected chi connectivity index (χ4v) is 5.31. The van der Waals surface area contributed by atoms with Crippen LogP contribution in [0, 0.1) is 20.8 Å². The Bertz CT molecular complexity index is 996. The van der Waals surface area contributed by atoms with Crippen molar-refractivity contribution in [2.45, 2.75) is 38.5 Å². The fourth-order valence-electron chi connectivity index (χ4n) is 3.58. The second kappa shape index (κ2) is 9.62. The molecule has 1 heterocycles. The summed E-state index contributed by atoms with van der Waals surface area (Å²) in [5.74, 6) is 0.860. The van der Waals surface area contributed by atoms with Gasteiger partial charge < -0.3 is 9.64 Å². The Morgan fingerprint density at radius 3 is 2.37 bits per heavy atom. The highest BCUT2D eigenvalue weighted by molar-refractivity contribution is 7.89. The molecule has 0 bridgehead atoms. The van der Waals surface area contributed by atoms with Crippen molar-refractivity contribution in [1.82, 2.24) is 9.21 Å². The molecular formula is C23H30N2O4S.